The number of nitrogens with zero attached hydrogens (tertiary/aromatic N) is 2. The zero-order valence-corrected chi connectivity index (χ0v) is 18.9. The molecule has 7 heteroatoms. The van der Waals surface area contributed by atoms with Gasteiger partial charge >= 0.3 is 0 Å². The molecule has 0 aromatic heterocycles. The Bertz CT molecular complexity index is 606. The first kappa shape index (κ1) is 23.4. The Balaban J connectivity index is 2.94. The fourth-order valence-electron chi connectivity index (χ4n) is 2.53. The van der Waals surface area contributed by atoms with Crippen molar-refractivity contribution in [2.45, 2.75) is 31.6 Å². The molecule has 1 aromatic carbocycles. The van der Waals surface area contributed by atoms with Crippen LogP contribution in [0.1, 0.15) is 32.4 Å². The molecular formula is C20H36N4O2S. The summed E-state index contributed by atoms with van der Waals surface area (Å²) >= 11 is 1.82. The Morgan fingerprint density at radius 1 is 1.19 bits per heavy atom. The van der Waals surface area contributed by atoms with Crippen molar-refractivity contribution >= 4 is 17.7 Å². The third kappa shape index (κ3) is 7.50. The fraction of sp³-hybridized carbons (Fsp3) is 0.650. The van der Waals surface area contributed by atoms with Crippen LogP contribution in [0, 0.1) is 0 Å². The molecule has 154 valence electrons. The maximum absolute atomic E-state index is 5.46. The van der Waals surface area contributed by atoms with E-state index in [1.54, 1.807) is 14.2 Å². The number of methoxy groups -OCH3 is 2. The first-order valence-corrected chi connectivity index (χ1v) is 10.5. The summed E-state index contributed by atoms with van der Waals surface area (Å²) in [5.74, 6) is 2.32. The van der Waals surface area contributed by atoms with Gasteiger partial charge in [-0.1, -0.05) is 6.07 Å². The Morgan fingerprint density at radius 2 is 1.85 bits per heavy atom. The minimum absolute atomic E-state index is 0.118. The number of ether oxygens (including phenoxy) is 2. The molecule has 0 fully saturated rings. The van der Waals surface area contributed by atoms with Crippen LogP contribution >= 0.6 is 11.8 Å². The molecule has 2 N–H and O–H groups in total. The van der Waals surface area contributed by atoms with Crippen LogP contribution in [-0.2, 0) is 0 Å². The maximum atomic E-state index is 5.46. The van der Waals surface area contributed by atoms with Crippen LogP contribution in [0.25, 0.3) is 0 Å². The first-order valence-electron chi connectivity index (χ1n) is 9.23. The minimum Gasteiger partial charge on any atom is -0.493 e. The Morgan fingerprint density at radius 3 is 2.37 bits per heavy atom. The van der Waals surface area contributed by atoms with E-state index in [9.17, 15) is 0 Å². The van der Waals surface area contributed by atoms with Gasteiger partial charge in [0, 0.05) is 17.8 Å². The van der Waals surface area contributed by atoms with Crippen molar-refractivity contribution in [3.05, 3.63) is 23.8 Å². The molecule has 1 unspecified atom stereocenters. The Kier molecular flexibility index (Phi) is 9.80. The maximum Gasteiger partial charge on any atom is 0.191 e. The summed E-state index contributed by atoms with van der Waals surface area (Å²) in [4.78, 5) is 6.94. The number of aliphatic imine (C=N–C) groups is 1. The van der Waals surface area contributed by atoms with Crippen molar-refractivity contribution < 1.29 is 9.47 Å². The van der Waals surface area contributed by atoms with Crippen LogP contribution in [0.15, 0.2) is 23.2 Å². The van der Waals surface area contributed by atoms with Gasteiger partial charge in [-0.3, -0.25) is 4.99 Å². The molecule has 1 aromatic rings. The van der Waals surface area contributed by atoms with Crippen LogP contribution in [0.3, 0.4) is 0 Å². The normalized spacial score (nSPS) is 13.4. The average Bonchev–Trinajstić information content (AvgIpc) is 2.65. The van der Waals surface area contributed by atoms with Crippen molar-refractivity contribution in [2.24, 2.45) is 4.99 Å². The third-order valence-electron chi connectivity index (χ3n) is 4.39. The van der Waals surface area contributed by atoms with Gasteiger partial charge in [-0.25, -0.2) is 0 Å². The van der Waals surface area contributed by atoms with E-state index in [1.165, 1.54) is 0 Å². The molecule has 0 aliphatic carbocycles. The minimum atomic E-state index is 0.118. The fourth-order valence-corrected chi connectivity index (χ4v) is 2.72. The van der Waals surface area contributed by atoms with Gasteiger partial charge in [0.25, 0.3) is 0 Å². The van der Waals surface area contributed by atoms with Gasteiger partial charge in [0.1, 0.15) is 0 Å². The van der Waals surface area contributed by atoms with Crippen LogP contribution in [-0.4, -0.2) is 69.8 Å². The smallest absolute Gasteiger partial charge is 0.191 e. The predicted molar refractivity (Wildman–Crippen MR) is 118 cm³/mol. The Hall–Kier alpha value is -1.60. The summed E-state index contributed by atoms with van der Waals surface area (Å²) < 4.78 is 10.9. The number of guanidine groups is 1. The molecule has 6 nitrogen and oxygen atoms in total. The highest BCUT2D eigenvalue weighted by Crippen LogP contribution is 2.31. The van der Waals surface area contributed by atoms with Crippen LogP contribution in [0.5, 0.6) is 11.5 Å². The molecule has 0 saturated carbocycles. The van der Waals surface area contributed by atoms with Gasteiger partial charge in [0.05, 0.1) is 26.8 Å². The van der Waals surface area contributed by atoms with E-state index in [2.05, 4.69) is 62.7 Å². The summed E-state index contributed by atoms with van der Waals surface area (Å²) in [6.07, 6.45) is 2.12. The number of rotatable bonds is 10. The molecule has 0 heterocycles. The molecule has 1 rings (SSSR count). The zero-order valence-electron chi connectivity index (χ0n) is 18.0. The summed E-state index contributed by atoms with van der Waals surface area (Å²) in [5, 5.41) is 6.81. The zero-order chi connectivity index (χ0) is 20.4. The van der Waals surface area contributed by atoms with E-state index >= 15 is 0 Å². The van der Waals surface area contributed by atoms with Crippen molar-refractivity contribution in [1.29, 1.82) is 0 Å². The van der Waals surface area contributed by atoms with Gasteiger partial charge in [-0.2, -0.15) is 11.8 Å². The van der Waals surface area contributed by atoms with Crippen molar-refractivity contribution in [3.63, 3.8) is 0 Å². The average molecular weight is 397 g/mol. The SMILES string of the molecule is CCNC(=NCC(C)(C)SC)NCC(c1ccc(OC)c(OC)c1)N(C)C. The molecule has 0 saturated heterocycles. The van der Waals surface area contributed by atoms with E-state index in [0.717, 1.165) is 42.7 Å². The van der Waals surface area contributed by atoms with Crippen molar-refractivity contribution in [2.75, 3.05) is 54.2 Å². The highest BCUT2D eigenvalue weighted by Gasteiger charge is 2.18. The number of benzene rings is 1. The summed E-state index contributed by atoms with van der Waals surface area (Å²) in [7, 11) is 7.46. The molecule has 0 spiro atoms. The van der Waals surface area contributed by atoms with E-state index in [0.29, 0.717) is 0 Å². The van der Waals surface area contributed by atoms with E-state index in [1.807, 2.05) is 23.9 Å². The molecular weight excluding hydrogens is 360 g/mol. The van der Waals surface area contributed by atoms with E-state index in [-0.39, 0.29) is 10.8 Å². The van der Waals surface area contributed by atoms with Gasteiger partial charge in [-0.05, 0) is 58.8 Å². The van der Waals surface area contributed by atoms with Crippen LogP contribution in [0.4, 0.5) is 0 Å². The molecule has 1 atom stereocenters. The van der Waals surface area contributed by atoms with Gasteiger partial charge in [0.2, 0.25) is 0 Å². The molecule has 0 radical (unpaired) electrons. The summed E-state index contributed by atoms with van der Waals surface area (Å²) in [5.41, 5.74) is 1.16. The first-order chi connectivity index (χ1) is 12.8. The lowest BCUT2D eigenvalue weighted by atomic mass is 10.1. The second kappa shape index (κ2) is 11.3. The molecule has 0 aliphatic rings. The molecule has 0 bridgehead atoms. The number of thioether (sulfide) groups is 1. The lowest BCUT2D eigenvalue weighted by Gasteiger charge is -2.27. The second-order valence-corrected chi connectivity index (χ2v) is 8.65. The number of likely N-dealkylation sites (N-methyl/N-ethyl adjacent to an activating group) is 1. The lowest BCUT2D eigenvalue weighted by Crippen LogP contribution is -2.42. The number of hydrogen-bond donors (Lipinski definition) is 2. The standard InChI is InChI=1S/C20H36N4O2S/c1-9-21-19(23-14-20(2,3)27-8)22-13-16(24(4)5)15-10-11-17(25-6)18(12-15)26-7/h10-12,16H,9,13-14H2,1-8H3,(H2,21,22,23). The Labute approximate surface area is 169 Å². The quantitative estimate of drug-likeness (QED) is 0.468. The lowest BCUT2D eigenvalue weighted by molar-refractivity contribution is 0.295. The number of nitrogens with one attached hydrogen (secondary N) is 2. The molecule has 27 heavy (non-hydrogen) atoms. The van der Waals surface area contributed by atoms with E-state index < -0.39 is 0 Å². The number of hydrogen-bond acceptors (Lipinski definition) is 5. The van der Waals surface area contributed by atoms with Gasteiger partial charge in [-0.15, -0.1) is 0 Å². The monoisotopic (exact) mass is 396 g/mol. The van der Waals surface area contributed by atoms with Gasteiger partial charge < -0.3 is 25.0 Å². The topological polar surface area (TPSA) is 58.1 Å². The molecule has 0 aliphatic heterocycles. The van der Waals surface area contributed by atoms with Crippen molar-refractivity contribution in [1.82, 2.24) is 15.5 Å². The van der Waals surface area contributed by atoms with Crippen LogP contribution in [0.2, 0.25) is 0 Å². The van der Waals surface area contributed by atoms with Crippen LogP contribution < -0.4 is 20.1 Å². The predicted octanol–water partition coefficient (Wildman–Crippen LogP) is 3.00. The highest BCUT2D eigenvalue weighted by atomic mass is 32.2. The highest BCUT2D eigenvalue weighted by molar-refractivity contribution is 7.99. The second-order valence-electron chi connectivity index (χ2n) is 7.13. The van der Waals surface area contributed by atoms with Gasteiger partial charge in [0.15, 0.2) is 17.5 Å². The molecule has 0 amide bonds. The van der Waals surface area contributed by atoms with Crippen molar-refractivity contribution in [3.8, 4) is 11.5 Å². The third-order valence-corrected chi connectivity index (χ3v) is 5.63. The largest absolute Gasteiger partial charge is 0.493 e. The van der Waals surface area contributed by atoms with E-state index in [4.69, 9.17) is 14.5 Å². The summed E-state index contributed by atoms with van der Waals surface area (Å²) in [6.45, 7) is 8.80. The summed E-state index contributed by atoms with van der Waals surface area (Å²) in [6, 6.07) is 6.23.